The molecular formula is C19H28N4O2S. The van der Waals surface area contributed by atoms with E-state index in [9.17, 15) is 0 Å². The molecule has 7 heteroatoms. The fourth-order valence-corrected chi connectivity index (χ4v) is 3.36. The summed E-state index contributed by atoms with van der Waals surface area (Å²) in [5.41, 5.74) is 2.29. The number of hydrogen-bond acceptors (Lipinski definition) is 5. The molecule has 0 bridgehead atoms. The maximum absolute atomic E-state index is 5.34. The number of rotatable bonds is 9. The van der Waals surface area contributed by atoms with Gasteiger partial charge in [0.2, 0.25) is 0 Å². The molecule has 0 unspecified atom stereocenters. The van der Waals surface area contributed by atoms with Crippen molar-refractivity contribution in [1.82, 2.24) is 15.6 Å². The summed E-state index contributed by atoms with van der Waals surface area (Å²) in [7, 11) is 5.08. The number of methoxy groups -OCH3 is 2. The van der Waals surface area contributed by atoms with E-state index in [2.05, 4.69) is 32.1 Å². The number of guanidine groups is 1. The van der Waals surface area contributed by atoms with Gasteiger partial charge in [-0.1, -0.05) is 6.07 Å². The van der Waals surface area contributed by atoms with Crippen molar-refractivity contribution in [3.05, 3.63) is 39.8 Å². The molecule has 0 fully saturated rings. The van der Waals surface area contributed by atoms with Gasteiger partial charge in [0, 0.05) is 37.6 Å². The zero-order valence-corrected chi connectivity index (χ0v) is 16.8. The summed E-state index contributed by atoms with van der Waals surface area (Å²) in [6, 6.07) is 5.99. The Hall–Kier alpha value is -2.28. The lowest BCUT2D eigenvalue weighted by molar-refractivity contribution is 0.354. The van der Waals surface area contributed by atoms with Crippen molar-refractivity contribution in [3.63, 3.8) is 0 Å². The van der Waals surface area contributed by atoms with E-state index in [0.29, 0.717) is 0 Å². The molecule has 2 aromatic rings. The largest absolute Gasteiger partial charge is 0.493 e. The van der Waals surface area contributed by atoms with Gasteiger partial charge in [-0.05, 0) is 37.5 Å². The van der Waals surface area contributed by atoms with Crippen LogP contribution in [0, 0.1) is 6.92 Å². The van der Waals surface area contributed by atoms with Crippen molar-refractivity contribution in [1.29, 1.82) is 0 Å². The number of hydrogen-bond donors (Lipinski definition) is 2. The number of nitrogens with zero attached hydrogens (tertiary/aromatic N) is 2. The monoisotopic (exact) mass is 376 g/mol. The van der Waals surface area contributed by atoms with Gasteiger partial charge < -0.3 is 20.1 Å². The maximum Gasteiger partial charge on any atom is 0.190 e. The minimum Gasteiger partial charge on any atom is -0.493 e. The zero-order valence-electron chi connectivity index (χ0n) is 16.0. The molecule has 0 saturated heterocycles. The third kappa shape index (κ3) is 6.22. The second kappa shape index (κ2) is 10.7. The van der Waals surface area contributed by atoms with Gasteiger partial charge in [-0.3, -0.25) is 4.99 Å². The van der Waals surface area contributed by atoms with Crippen LogP contribution in [0.2, 0.25) is 0 Å². The number of thiazole rings is 1. The Morgan fingerprint density at radius 2 is 1.88 bits per heavy atom. The number of nitrogens with one attached hydrogen (secondary N) is 2. The van der Waals surface area contributed by atoms with Crippen LogP contribution in [0.25, 0.3) is 0 Å². The average Bonchev–Trinajstić information content (AvgIpc) is 3.08. The predicted molar refractivity (Wildman–Crippen MR) is 108 cm³/mol. The summed E-state index contributed by atoms with van der Waals surface area (Å²) in [5, 5.41) is 9.97. The van der Waals surface area contributed by atoms with Gasteiger partial charge in [0.25, 0.3) is 0 Å². The molecule has 0 aliphatic carbocycles. The zero-order chi connectivity index (χ0) is 18.8. The third-order valence-electron chi connectivity index (χ3n) is 3.90. The lowest BCUT2D eigenvalue weighted by Gasteiger charge is -2.13. The Balaban J connectivity index is 1.70. The molecule has 1 heterocycles. The molecule has 0 amide bonds. The van der Waals surface area contributed by atoms with Crippen molar-refractivity contribution in [3.8, 4) is 11.5 Å². The molecule has 0 atom stereocenters. The van der Waals surface area contributed by atoms with E-state index in [4.69, 9.17) is 9.47 Å². The maximum atomic E-state index is 5.34. The Morgan fingerprint density at radius 1 is 1.12 bits per heavy atom. The highest BCUT2D eigenvalue weighted by molar-refractivity contribution is 7.09. The fraction of sp³-hybridized carbons (Fsp3) is 0.474. The molecule has 2 N–H and O–H groups in total. The van der Waals surface area contributed by atoms with Gasteiger partial charge >= 0.3 is 0 Å². The molecule has 1 aromatic carbocycles. The number of aryl methyl sites for hydroxylation is 2. The van der Waals surface area contributed by atoms with E-state index in [1.165, 1.54) is 10.6 Å². The molecule has 0 saturated carbocycles. The SMILES string of the molecule is CN=C(NCCCc1nc(C)cs1)NCCc1ccc(OC)c(OC)c1. The topological polar surface area (TPSA) is 67.8 Å². The van der Waals surface area contributed by atoms with Gasteiger partial charge in [-0.15, -0.1) is 11.3 Å². The molecule has 0 aliphatic rings. The summed E-state index contributed by atoms with van der Waals surface area (Å²) in [6.45, 7) is 3.69. The molecule has 0 radical (unpaired) electrons. The van der Waals surface area contributed by atoms with Gasteiger partial charge in [0.1, 0.15) is 0 Å². The Bertz CT molecular complexity index is 715. The molecule has 0 spiro atoms. The highest BCUT2D eigenvalue weighted by Gasteiger charge is 2.05. The van der Waals surface area contributed by atoms with E-state index in [-0.39, 0.29) is 0 Å². The van der Waals surface area contributed by atoms with Gasteiger partial charge in [0.15, 0.2) is 17.5 Å². The minimum absolute atomic E-state index is 0.747. The number of benzene rings is 1. The van der Waals surface area contributed by atoms with Crippen LogP contribution in [0.5, 0.6) is 11.5 Å². The van der Waals surface area contributed by atoms with Crippen LogP contribution >= 0.6 is 11.3 Å². The van der Waals surface area contributed by atoms with Crippen LogP contribution in [0.3, 0.4) is 0 Å². The standard InChI is InChI=1S/C19H28N4O2S/c1-14-13-26-18(23-14)6-5-10-21-19(20-2)22-11-9-15-7-8-16(24-3)17(12-15)25-4/h7-8,12-13H,5-6,9-11H2,1-4H3,(H2,20,21,22). The Labute approximate surface area is 159 Å². The van der Waals surface area contributed by atoms with Crippen LogP contribution in [0.4, 0.5) is 0 Å². The van der Waals surface area contributed by atoms with Crippen molar-refractivity contribution in [2.75, 3.05) is 34.4 Å². The first-order valence-corrected chi connectivity index (χ1v) is 9.60. The molecule has 6 nitrogen and oxygen atoms in total. The first kappa shape index (κ1) is 20.0. The fourth-order valence-electron chi connectivity index (χ4n) is 2.55. The number of ether oxygens (including phenoxy) is 2. The van der Waals surface area contributed by atoms with E-state index in [0.717, 1.165) is 55.5 Å². The van der Waals surface area contributed by atoms with E-state index in [1.54, 1.807) is 32.6 Å². The highest BCUT2D eigenvalue weighted by atomic mass is 32.1. The van der Waals surface area contributed by atoms with E-state index in [1.807, 2.05) is 19.1 Å². The number of aliphatic imine (C=N–C) groups is 1. The quantitative estimate of drug-likeness (QED) is 0.400. The van der Waals surface area contributed by atoms with Crippen molar-refractivity contribution in [2.24, 2.45) is 4.99 Å². The first-order valence-electron chi connectivity index (χ1n) is 8.72. The molecule has 26 heavy (non-hydrogen) atoms. The molecule has 1 aromatic heterocycles. The molecule has 142 valence electrons. The Morgan fingerprint density at radius 3 is 2.54 bits per heavy atom. The molecular weight excluding hydrogens is 348 g/mol. The lowest BCUT2D eigenvalue weighted by atomic mass is 10.1. The number of aromatic nitrogens is 1. The van der Waals surface area contributed by atoms with E-state index >= 15 is 0 Å². The highest BCUT2D eigenvalue weighted by Crippen LogP contribution is 2.27. The smallest absolute Gasteiger partial charge is 0.190 e. The predicted octanol–water partition coefficient (Wildman–Crippen LogP) is 2.81. The normalized spacial score (nSPS) is 11.3. The average molecular weight is 377 g/mol. The van der Waals surface area contributed by atoms with Crippen LogP contribution in [0.1, 0.15) is 22.7 Å². The van der Waals surface area contributed by atoms with Gasteiger partial charge in [-0.25, -0.2) is 4.98 Å². The summed E-state index contributed by atoms with van der Waals surface area (Å²) >= 11 is 1.73. The van der Waals surface area contributed by atoms with Crippen LogP contribution in [0.15, 0.2) is 28.6 Å². The minimum atomic E-state index is 0.747. The van der Waals surface area contributed by atoms with E-state index < -0.39 is 0 Å². The molecule has 2 rings (SSSR count). The summed E-state index contributed by atoms with van der Waals surface area (Å²) in [6.07, 6.45) is 2.90. The second-order valence-corrected chi connectivity index (χ2v) is 6.79. The lowest BCUT2D eigenvalue weighted by Crippen LogP contribution is -2.38. The van der Waals surface area contributed by atoms with Crippen molar-refractivity contribution >= 4 is 17.3 Å². The van der Waals surface area contributed by atoms with Crippen molar-refractivity contribution < 1.29 is 9.47 Å². The summed E-state index contributed by atoms with van der Waals surface area (Å²) in [4.78, 5) is 8.75. The second-order valence-electron chi connectivity index (χ2n) is 5.85. The summed E-state index contributed by atoms with van der Waals surface area (Å²) in [5.74, 6) is 2.32. The van der Waals surface area contributed by atoms with Crippen LogP contribution in [-0.4, -0.2) is 45.3 Å². The summed E-state index contributed by atoms with van der Waals surface area (Å²) < 4.78 is 10.6. The van der Waals surface area contributed by atoms with Crippen LogP contribution < -0.4 is 20.1 Å². The first-order chi connectivity index (χ1) is 12.7. The van der Waals surface area contributed by atoms with Crippen LogP contribution in [-0.2, 0) is 12.8 Å². The molecule has 0 aliphatic heterocycles. The van der Waals surface area contributed by atoms with Gasteiger partial charge in [0.05, 0.1) is 19.2 Å². The van der Waals surface area contributed by atoms with Crippen molar-refractivity contribution in [2.45, 2.75) is 26.2 Å². The van der Waals surface area contributed by atoms with Gasteiger partial charge in [-0.2, -0.15) is 0 Å². The Kier molecular flexibility index (Phi) is 8.21. The third-order valence-corrected chi connectivity index (χ3v) is 4.93.